The van der Waals surface area contributed by atoms with Crippen LogP contribution >= 0.6 is 0 Å². The van der Waals surface area contributed by atoms with Crippen molar-refractivity contribution < 1.29 is 13.2 Å². The molecule has 0 saturated carbocycles. The maximum atomic E-state index is 13.3. The molecular weight excluding hydrogens is 386 g/mol. The molecule has 29 heavy (non-hydrogen) atoms. The number of sulfonamides is 1. The summed E-state index contributed by atoms with van der Waals surface area (Å²) in [6, 6.07) is 9.55. The van der Waals surface area contributed by atoms with Gasteiger partial charge in [-0.2, -0.15) is 4.31 Å². The van der Waals surface area contributed by atoms with Crippen LogP contribution in [0.1, 0.15) is 40.0 Å². The van der Waals surface area contributed by atoms with E-state index in [0.717, 1.165) is 5.69 Å². The first-order valence-electron chi connectivity index (χ1n) is 10.3. The minimum absolute atomic E-state index is 0.0366. The van der Waals surface area contributed by atoms with Crippen LogP contribution < -0.4 is 5.32 Å². The molecule has 3 rings (SSSR count). The van der Waals surface area contributed by atoms with Crippen molar-refractivity contribution in [3.05, 3.63) is 53.7 Å². The van der Waals surface area contributed by atoms with E-state index in [1.807, 2.05) is 68.3 Å². The van der Waals surface area contributed by atoms with E-state index in [1.54, 1.807) is 10.5 Å². The van der Waals surface area contributed by atoms with Crippen molar-refractivity contribution in [2.45, 2.75) is 46.1 Å². The van der Waals surface area contributed by atoms with E-state index in [1.165, 1.54) is 0 Å². The average Bonchev–Trinajstić information content (AvgIpc) is 2.91. The van der Waals surface area contributed by atoms with Crippen LogP contribution in [-0.4, -0.2) is 42.7 Å². The minimum atomic E-state index is -3.55. The molecule has 2 aliphatic rings. The van der Waals surface area contributed by atoms with E-state index in [2.05, 4.69) is 5.32 Å². The highest BCUT2D eigenvalue weighted by Crippen LogP contribution is 2.31. The lowest BCUT2D eigenvalue weighted by Crippen LogP contribution is -2.42. The molecule has 1 aromatic carbocycles. The van der Waals surface area contributed by atoms with Gasteiger partial charge in [0.15, 0.2) is 0 Å². The van der Waals surface area contributed by atoms with Gasteiger partial charge in [-0.05, 0) is 57.4 Å². The summed E-state index contributed by atoms with van der Waals surface area (Å²) >= 11 is 0. The van der Waals surface area contributed by atoms with Gasteiger partial charge in [0, 0.05) is 36.9 Å². The van der Waals surface area contributed by atoms with Crippen LogP contribution in [0.2, 0.25) is 0 Å². The van der Waals surface area contributed by atoms with Crippen molar-refractivity contribution >= 4 is 21.6 Å². The molecule has 1 fully saturated rings. The highest BCUT2D eigenvalue weighted by Gasteiger charge is 2.35. The van der Waals surface area contributed by atoms with Gasteiger partial charge in [-0.25, -0.2) is 8.42 Å². The van der Waals surface area contributed by atoms with Crippen molar-refractivity contribution in [3.8, 4) is 0 Å². The number of rotatable bonds is 5. The lowest BCUT2D eigenvalue weighted by atomic mass is 9.97. The molecule has 1 saturated heterocycles. The lowest BCUT2D eigenvalue weighted by molar-refractivity contribution is -0.120. The third-order valence-corrected chi connectivity index (χ3v) is 7.78. The van der Waals surface area contributed by atoms with Gasteiger partial charge in [0.1, 0.15) is 0 Å². The van der Waals surface area contributed by atoms with Gasteiger partial charge >= 0.3 is 0 Å². The fourth-order valence-corrected chi connectivity index (χ4v) is 5.58. The van der Waals surface area contributed by atoms with Crippen molar-refractivity contribution in [1.29, 1.82) is 0 Å². The van der Waals surface area contributed by atoms with Gasteiger partial charge in [0.25, 0.3) is 0 Å². The van der Waals surface area contributed by atoms with Gasteiger partial charge in [0.2, 0.25) is 15.9 Å². The lowest BCUT2D eigenvalue weighted by Gasteiger charge is -2.32. The molecule has 1 aromatic rings. The van der Waals surface area contributed by atoms with Crippen LogP contribution in [0.25, 0.3) is 0 Å². The SMILES string of the molecule is CC1CC=CN(C(C)C)C=C1S(=O)(=O)N1CCC(C(=O)Nc2ccccc2)CC1. The highest BCUT2D eigenvalue weighted by atomic mass is 32.2. The molecule has 0 spiro atoms. The fourth-order valence-electron chi connectivity index (χ4n) is 3.74. The molecule has 1 amide bonds. The van der Waals surface area contributed by atoms with Gasteiger partial charge in [0.05, 0.1) is 4.91 Å². The summed E-state index contributed by atoms with van der Waals surface area (Å²) in [5.74, 6) is -0.277. The number of hydrogen-bond acceptors (Lipinski definition) is 4. The number of nitrogens with one attached hydrogen (secondary N) is 1. The van der Waals surface area contributed by atoms with E-state index in [0.29, 0.717) is 37.3 Å². The topological polar surface area (TPSA) is 69.7 Å². The quantitative estimate of drug-likeness (QED) is 0.792. The maximum absolute atomic E-state index is 13.3. The van der Waals surface area contributed by atoms with E-state index in [9.17, 15) is 13.2 Å². The van der Waals surface area contributed by atoms with Crippen LogP contribution in [0.15, 0.2) is 53.7 Å². The number of carbonyl (C=O) groups is 1. The van der Waals surface area contributed by atoms with Gasteiger partial charge in [-0.15, -0.1) is 0 Å². The molecule has 6 nitrogen and oxygen atoms in total. The zero-order valence-electron chi connectivity index (χ0n) is 17.4. The Labute approximate surface area is 174 Å². The first-order chi connectivity index (χ1) is 13.8. The molecule has 0 aliphatic carbocycles. The molecule has 158 valence electrons. The zero-order valence-corrected chi connectivity index (χ0v) is 18.2. The number of allylic oxidation sites excluding steroid dienone is 2. The molecule has 7 heteroatoms. The van der Waals surface area contributed by atoms with Crippen LogP contribution in [0.5, 0.6) is 0 Å². The summed E-state index contributed by atoms with van der Waals surface area (Å²) in [4.78, 5) is 15.0. The number of hydrogen-bond donors (Lipinski definition) is 1. The molecule has 0 bridgehead atoms. The van der Waals surface area contributed by atoms with Crippen molar-refractivity contribution in [3.63, 3.8) is 0 Å². The summed E-state index contributed by atoms with van der Waals surface area (Å²) in [5, 5.41) is 2.93. The summed E-state index contributed by atoms with van der Waals surface area (Å²) in [6.45, 7) is 6.77. The Morgan fingerprint density at radius 2 is 1.79 bits per heavy atom. The first-order valence-corrected chi connectivity index (χ1v) is 11.7. The number of amides is 1. The van der Waals surface area contributed by atoms with Crippen LogP contribution in [-0.2, 0) is 14.8 Å². The summed E-state index contributed by atoms with van der Waals surface area (Å²) in [7, 11) is -3.55. The van der Waals surface area contributed by atoms with Crippen molar-refractivity contribution in [2.24, 2.45) is 11.8 Å². The Balaban J connectivity index is 1.67. The number of piperidine rings is 1. The predicted octanol–water partition coefficient (Wildman–Crippen LogP) is 3.77. The third kappa shape index (κ3) is 5.08. The summed E-state index contributed by atoms with van der Waals surface area (Å²) in [6.07, 6.45) is 7.54. The van der Waals surface area contributed by atoms with Crippen molar-refractivity contribution in [1.82, 2.24) is 9.21 Å². The molecule has 1 unspecified atom stereocenters. The second-order valence-electron chi connectivity index (χ2n) is 8.13. The zero-order chi connectivity index (χ0) is 21.0. The minimum Gasteiger partial charge on any atom is -0.351 e. The second kappa shape index (κ2) is 9.13. The van der Waals surface area contributed by atoms with Crippen molar-refractivity contribution in [2.75, 3.05) is 18.4 Å². The number of benzene rings is 1. The molecule has 0 radical (unpaired) electrons. The number of para-hydroxylation sites is 1. The summed E-state index contributed by atoms with van der Waals surface area (Å²) < 4.78 is 28.2. The number of anilines is 1. The summed E-state index contributed by atoms with van der Waals surface area (Å²) in [5.41, 5.74) is 0.770. The van der Waals surface area contributed by atoms with E-state index in [-0.39, 0.29) is 23.8 Å². The van der Waals surface area contributed by atoms with Gasteiger partial charge in [-0.3, -0.25) is 4.79 Å². The van der Waals surface area contributed by atoms with E-state index in [4.69, 9.17) is 0 Å². The molecule has 2 heterocycles. The standard InChI is InChI=1S/C22H31N3O3S/c1-17(2)24-13-7-8-18(3)21(16-24)29(27,28)25-14-11-19(12-15-25)22(26)23-20-9-5-4-6-10-20/h4-7,9-10,13,16-19H,8,11-12,14-15H2,1-3H3,(H,23,26). The second-order valence-corrected chi connectivity index (χ2v) is 10.1. The number of nitrogens with zero attached hydrogens (tertiary/aromatic N) is 2. The Kier molecular flexibility index (Phi) is 6.80. The highest BCUT2D eigenvalue weighted by molar-refractivity contribution is 7.93. The molecular formula is C22H31N3O3S. The van der Waals surface area contributed by atoms with Gasteiger partial charge in [-0.1, -0.05) is 31.2 Å². The monoisotopic (exact) mass is 417 g/mol. The first kappa shape index (κ1) is 21.6. The normalized spacial score (nSPS) is 21.7. The van der Waals surface area contributed by atoms with Crippen LogP contribution in [0, 0.1) is 11.8 Å². The van der Waals surface area contributed by atoms with Crippen LogP contribution in [0.4, 0.5) is 5.69 Å². The average molecular weight is 418 g/mol. The third-order valence-electron chi connectivity index (χ3n) is 5.63. The molecule has 1 N–H and O–H groups in total. The van der Waals surface area contributed by atoms with Gasteiger partial charge < -0.3 is 10.2 Å². The fraction of sp³-hybridized carbons (Fsp3) is 0.500. The molecule has 0 aromatic heterocycles. The maximum Gasteiger partial charge on any atom is 0.240 e. The molecule has 1 atom stereocenters. The Morgan fingerprint density at radius 1 is 1.14 bits per heavy atom. The van der Waals surface area contributed by atoms with E-state index < -0.39 is 10.0 Å². The molecule has 2 aliphatic heterocycles. The Morgan fingerprint density at radius 3 is 2.41 bits per heavy atom. The predicted molar refractivity (Wildman–Crippen MR) is 116 cm³/mol. The smallest absolute Gasteiger partial charge is 0.240 e. The van der Waals surface area contributed by atoms with E-state index >= 15 is 0 Å². The number of carbonyl (C=O) groups excluding carboxylic acids is 1. The van der Waals surface area contributed by atoms with Crippen LogP contribution in [0.3, 0.4) is 0 Å². The Hall–Kier alpha value is -2.12. The largest absolute Gasteiger partial charge is 0.351 e. The Bertz CT molecular complexity index is 870.